The van der Waals surface area contributed by atoms with E-state index in [-0.39, 0.29) is 34.6 Å². The van der Waals surface area contributed by atoms with Crippen LogP contribution in [-0.2, 0) is 30.8 Å². The molecule has 278 valence electrons. The van der Waals surface area contributed by atoms with Gasteiger partial charge in [-0.1, -0.05) is 30.3 Å². The van der Waals surface area contributed by atoms with Crippen LogP contribution in [0.4, 0.5) is 10.5 Å². The number of carbonyl (C=O) groups is 3. The molecule has 1 aromatic heterocycles. The number of rotatable bonds is 11. The maximum Gasteiger partial charge on any atom is 0.407 e. The number of aryl methyl sites for hydroxylation is 1. The van der Waals surface area contributed by atoms with Gasteiger partial charge in [-0.25, -0.2) is 13.2 Å². The van der Waals surface area contributed by atoms with E-state index in [4.69, 9.17) is 16.5 Å². The summed E-state index contributed by atoms with van der Waals surface area (Å²) < 4.78 is 31.0. The van der Waals surface area contributed by atoms with Crippen molar-refractivity contribution < 1.29 is 27.5 Å². The maximum absolute atomic E-state index is 13.8. The Balaban J connectivity index is 1.28. The maximum atomic E-state index is 13.8. The third-order valence-corrected chi connectivity index (χ3v) is 11.2. The molecule has 0 aliphatic heterocycles. The fourth-order valence-electron chi connectivity index (χ4n) is 6.34. The van der Waals surface area contributed by atoms with Gasteiger partial charge in [-0.3, -0.25) is 24.6 Å². The van der Waals surface area contributed by atoms with Gasteiger partial charge < -0.3 is 20.7 Å². The lowest BCUT2D eigenvalue weighted by atomic mass is 9.81. The van der Waals surface area contributed by atoms with Crippen molar-refractivity contribution in [3.05, 3.63) is 82.1 Å². The van der Waals surface area contributed by atoms with Crippen molar-refractivity contribution >= 4 is 56.3 Å². The van der Waals surface area contributed by atoms with Crippen LogP contribution in [0.5, 0.6) is 0 Å². The predicted octanol–water partition coefficient (Wildman–Crippen LogP) is 5.60. The van der Waals surface area contributed by atoms with Crippen LogP contribution < -0.4 is 21.5 Å². The molecule has 0 spiro atoms. The minimum atomic E-state index is -3.80. The highest BCUT2D eigenvalue weighted by Crippen LogP contribution is 2.30. The molecule has 3 amide bonds. The second-order valence-corrected chi connectivity index (χ2v) is 16.9. The largest absolute Gasteiger partial charge is 0.444 e. The van der Waals surface area contributed by atoms with Crippen LogP contribution in [0.1, 0.15) is 57.6 Å². The summed E-state index contributed by atoms with van der Waals surface area (Å²) in [5, 5.41) is 14.5. The number of amides is 3. The average Bonchev–Trinajstić information content (AvgIpc) is 3.46. The summed E-state index contributed by atoms with van der Waals surface area (Å²) >= 11 is 5.74. The standard InChI is InChI=1S/C37H45ClN6O7S/c1-22-18-28(52(49,50)44(5)38)15-17-29(22)25-10-6-23(7-11-25)19-32(35(47)40-27-14-16-30-31(20-27)42-43-34(30)46)41-33(45)26-12-8-24(9-13-26)21-39-36(48)51-37(2,3)4/h6-7,10-11,14-18,20,24,26,32H,8-9,12-13,19,21H2,1-5H3,(H,39,48)(H,40,47)(H,41,45)(H2,42,43,46)/t24?,26?,32-/m0/s1. The molecule has 1 atom stereocenters. The normalized spacial score (nSPS) is 17.1. The predicted molar refractivity (Wildman–Crippen MR) is 200 cm³/mol. The molecule has 4 aromatic rings. The minimum absolute atomic E-state index is 0.0837. The minimum Gasteiger partial charge on any atom is -0.444 e. The lowest BCUT2D eigenvalue weighted by Crippen LogP contribution is -2.48. The summed E-state index contributed by atoms with van der Waals surface area (Å²) in [6, 6.07) is 16.3. The molecule has 0 unspecified atom stereocenters. The molecule has 0 saturated heterocycles. The van der Waals surface area contributed by atoms with Crippen LogP contribution in [0.3, 0.4) is 0 Å². The molecule has 1 fully saturated rings. The quantitative estimate of drug-likeness (QED) is 0.124. The zero-order chi connectivity index (χ0) is 37.8. The van der Waals surface area contributed by atoms with Crippen LogP contribution in [0, 0.1) is 18.8 Å². The highest BCUT2D eigenvalue weighted by molar-refractivity contribution is 7.90. The van der Waals surface area contributed by atoms with Gasteiger partial charge in [0, 0.05) is 31.6 Å². The number of fused-ring (bicyclic) bond motifs is 1. The van der Waals surface area contributed by atoms with Crippen LogP contribution in [-0.4, -0.2) is 65.6 Å². The molecule has 0 bridgehead atoms. The molecule has 15 heteroatoms. The Bertz CT molecular complexity index is 2100. The number of aromatic nitrogens is 2. The average molecular weight is 753 g/mol. The zero-order valence-corrected chi connectivity index (χ0v) is 31.4. The van der Waals surface area contributed by atoms with Gasteiger partial charge in [0.25, 0.3) is 15.6 Å². The molecular formula is C37H45ClN6O7S. The monoisotopic (exact) mass is 752 g/mol. The number of carbonyl (C=O) groups excluding carboxylic acids is 3. The van der Waals surface area contributed by atoms with Crippen molar-refractivity contribution in [1.82, 2.24) is 24.7 Å². The summed E-state index contributed by atoms with van der Waals surface area (Å²) in [7, 11) is -2.54. The number of hydrogen-bond acceptors (Lipinski definition) is 7. The molecule has 1 heterocycles. The first-order chi connectivity index (χ1) is 24.5. The van der Waals surface area contributed by atoms with E-state index in [1.165, 1.54) is 13.1 Å². The topological polar surface area (TPSA) is 183 Å². The number of anilines is 1. The van der Waals surface area contributed by atoms with Crippen molar-refractivity contribution in [3.8, 4) is 11.1 Å². The van der Waals surface area contributed by atoms with E-state index in [1.807, 2.05) is 52.0 Å². The highest BCUT2D eigenvalue weighted by Gasteiger charge is 2.30. The van der Waals surface area contributed by atoms with Gasteiger partial charge in [0.1, 0.15) is 11.6 Å². The number of H-pyrrole nitrogens is 2. The van der Waals surface area contributed by atoms with Crippen LogP contribution >= 0.6 is 11.8 Å². The Kier molecular flexibility index (Phi) is 11.8. The summed E-state index contributed by atoms with van der Waals surface area (Å²) in [6.07, 6.45) is 2.47. The van der Waals surface area contributed by atoms with Gasteiger partial charge in [-0.05, 0) is 124 Å². The number of sulfonamides is 1. The Morgan fingerprint density at radius 3 is 2.31 bits per heavy atom. The molecule has 13 nitrogen and oxygen atoms in total. The first-order valence-electron chi connectivity index (χ1n) is 17.1. The van der Waals surface area contributed by atoms with Gasteiger partial charge >= 0.3 is 6.09 Å². The van der Waals surface area contributed by atoms with E-state index in [9.17, 15) is 27.6 Å². The summed E-state index contributed by atoms with van der Waals surface area (Å²) in [5.41, 5.74) is 3.37. The third-order valence-electron chi connectivity index (χ3n) is 9.16. The van der Waals surface area contributed by atoms with Crippen molar-refractivity contribution in [1.29, 1.82) is 0 Å². The fraction of sp³-hybridized carbons (Fsp3) is 0.405. The fourth-order valence-corrected chi connectivity index (χ4v) is 7.43. The Morgan fingerprint density at radius 1 is 0.981 bits per heavy atom. The number of alkyl carbamates (subject to hydrolysis) is 1. The third kappa shape index (κ3) is 9.60. The van der Waals surface area contributed by atoms with Crippen LogP contribution in [0.25, 0.3) is 22.0 Å². The van der Waals surface area contributed by atoms with Crippen molar-refractivity contribution in [2.24, 2.45) is 11.8 Å². The van der Waals surface area contributed by atoms with E-state index in [0.717, 1.165) is 35.1 Å². The van der Waals surface area contributed by atoms with Crippen LogP contribution in [0.15, 0.2) is 70.4 Å². The SMILES string of the molecule is Cc1cc(S(=O)(=O)N(C)Cl)ccc1-c1ccc(C[C@H](NC(=O)C2CCC(CNC(=O)OC(C)(C)C)CC2)C(=O)Nc2ccc3c(=O)[nH][nH]c3c2)cc1. The van der Waals surface area contributed by atoms with E-state index >= 15 is 0 Å². The van der Waals surface area contributed by atoms with Gasteiger partial charge in [-0.2, -0.15) is 0 Å². The van der Waals surface area contributed by atoms with Gasteiger partial charge in [0.15, 0.2) is 0 Å². The van der Waals surface area contributed by atoms with Gasteiger partial charge in [0.2, 0.25) is 11.8 Å². The van der Waals surface area contributed by atoms with E-state index in [1.54, 1.807) is 30.3 Å². The molecule has 5 rings (SSSR count). The highest BCUT2D eigenvalue weighted by atomic mass is 35.5. The lowest BCUT2D eigenvalue weighted by molar-refractivity contribution is -0.130. The van der Waals surface area contributed by atoms with Crippen molar-refractivity contribution in [2.75, 3.05) is 18.9 Å². The lowest BCUT2D eigenvalue weighted by Gasteiger charge is -2.29. The smallest absolute Gasteiger partial charge is 0.407 e. The first kappa shape index (κ1) is 38.6. The number of nitrogens with one attached hydrogen (secondary N) is 5. The summed E-state index contributed by atoms with van der Waals surface area (Å²) in [6.45, 7) is 7.71. The van der Waals surface area contributed by atoms with Gasteiger partial charge in [0.05, 0.1) is 15.8 Å². The molecule has 1 saturated carbocycles. The number of halogens is 1. The number of aromatic amines is 2. The number of nitrogens with zero attached hydrogens (tertiary/aromatic N) is 1. The van der Waals surface area contributed by atoms with E-state index in [2.05, 4.69) is 26.1 Å². The van der Waals surface area contributed by atoms with Crippen LogP contribution in [0.2, 0.25) is 0 Å². The first-order valence-corrected chi connectivity index (χ1v) is 18.9. The Morgan fingerprint density at radius 2 is 1.67 bits per heavy atom. The number of hydrogen-bond donors (Lipinski definition) is 5. The Labute approximate surface area is 308 Å². The summed E-state index contributed by atoms with van der Waals surface area (Å²) in [4.78, 5) is 51.5. The number of ether oxygens (including phenoxy) is 1. The molecular weight excluding hydrogens is 708 g/mol. The zero-order valence-electron chi connectivity index (χ0n) is 29.8. The van der Waals surface area contributed by atoms with E-state index < -0.39 is 33.7 Å². The molecule has 52 heavy (non-hydrogen) atoms. The molecule has 1 aliphatic carbocycles. The second kappa shape index (κ2) is 15.9. The molecule has 5 N–H and O–H groups in total. The van der Waals surface area contributed by atoms with E-state index in [0.29, 0.717) is 39.8 Å². The van der Waals surface area contributed by atoms with Crippen molar-refractivity contribution in [2.45, 2.75) is 76.3 Å². The molecule has 1 aliphatic rings. The van der Waals surface area contributed by atoms with Gasteiger partial charge in [-0.15, -0.1) is 3.82 Å². The Hall–Kier alpha value is -4.66. The second-order valence-electron chi connectivity index (χ2n) is 14.3. The summed E-state index contributed by atoms with van der Waals surface area (Å²) in [5.74, 6) is -0.698. The van der Waals surface area contributed by atoms with Crippen molar-refractivity contribution in [3.63, 3.8) is 0 Å². The molecule has 0 radical (unpaired) electrons. The number of benzene rings is 3. The molecule has 3 aromatic carbocycles.